The van der Waals surface area contributed by atoms with Gasteiger partial charge in [-0.15, -0.1) is 0 Å². The summed E-state index contributed by atoms with van der Waals surface area (Å²) in [4.78, 5) is 24.6. The summed E-state index contributed by atoms with van der Waals surface area (Å²) in [5.74, 6) is 0.584. The molecular weight excluding hydrogens is 366 g/mol. The number of aryl methyl sites for hydroxylation is 2. The van der Waals surface area contributed by atoms with Crippen LogP contribution < -0.4 is 5.32 Å². The molecule has 0 bridgehead atoms. The maximum absolute atomic E-state index is 12.1. The van der Waals surface area contributed by atoms with Crippen molar-refractivity contribution in [1.29, 1.82) is 0 Å². The Morgan fingerprint density at radius 3 is 2.52 bits per heavy atom. The number of carbonyl (C=O) groups excluding carboxylic acids is 1. The number of nitrogens with zero attached hydrogens (tertiary/aromatic N) is 6. The van der Waals surface area contributed by atoms with Gasteiger partial charge in [-0.2, -0.15) is 15.0 Å². The standard InChI is InChI=1S/C21H25N7O/c1-15-13-16(2)25-20(24-15)26-19-9-6-12-27(14-29)21(19,3)17-7-4-5-8-18(17)28-22-10-11-23-28/h4-5,7-8,10-11,13-14,19H,6,9,12H2,1-3H3,(H,24,25,26)/t19-,21+/m1/s1. The van der Waals surface area contributed by atoms with Crippen LogP contribution in [0.3, 0.4) is 0 Å². The molecule has 3 heterocycles. The maximum atomic E-state index is 12.1. The minimum Gasteiger partial charge on any atom is -0.349 e. The van der Waals surface area contributed by atoms with Crippen molar-refractivity contribution in [2.45, 2.75) is 45.2 Å². The van der Waals surface area contributed by atoms with Gasteiger partial charge in [-0.1, -0.05) is 18.2 Å². The van der Waals surface area contributed by atoms with Crippen molar-refractivity contribution >= 4 is 12.4 Å². The minimum absolute atomic E-state index is 0.0700. The maximum Gasteiger partial charge on any atom is 0.223 e. The average Bonchev–Trinajstić information content (AvgIpc) is 3.23. The molecule has 1 fully saturated rings. The zero-order chi connectivity index (χ0) is 20.4. The Balaban J connectivity index is 1.81. The molecule has 0 spiro atoms. The number of carbonyl (C=O) groups is 1. The topological polar surface area (TPSA) is 88.8 Å². The first-order valence-corrected chi connectivity index (χ1v) is 9.79. The van der Waals surface area contributed by atoms with E-state index in [4.69, 9.17) is 0 Å². The Labute approximate surface area is 170 Å². The van der Waals surface area contributed by atoms with Crippen LogP contribution in [0.2, 0.25) is 0 Å². The number of likely N-dealkylation sites (tertiary alicyclic amines) is 1. The summed E-state index contributed by atoms with van der Waals surface area (Å²) in [5, 5.41) is 12.1. The van der Waals surface area contributed by atoms with Crippen molar-refractivity contribution in [2.24, 2.45) is 0 Å². The quantitative estimate of drug-likeness (QED) is 0.673. The molecule has 0 saturated carbocycles. The number of nitrogens with one attached hydrogen (secondary N) is 1. The summed E-state index contributed by atoms with van der Waals surface area (Å²) in [5.41, 5.74) is 3.02. The van der Waals surface area contributed by atoms with Gasteiger partial charge in [-0.25, -0.2) is 9.97 Å². The molecule has 2 aromatic heterocycles. The lowest BCUT2D eigenvalue weighted by molar-refractivity contribution is -0.126. The third kappa shape index (κ3) is 3.46. The molecule has 0 unspecified atom stereocenters. The van der Waals surface area contributed by atoms with E-state index in [0.29, 0.717) is 12.5 Å². The first kappa shape index (κ1) is 19.0. The summed E-state index contributed by atoms with van der Waals surface area (Å²) in [7, 11) is 0. The number of rotatable bonds is 5. The highest BCUT2D eigenvalue weighted by Crippen LogP contribution is 2.40. The van der Waals surface area contributed by atoms with Crippen LogP contribution in [-0.4, -0.2) is 48.9 Å². The number of hydrogen-bond donors (Lipinski definition) is 1. The summed E-state index contributed by atoms with van der Waals surface area (Å²) in [6.07, 6.45) is 6.02. The highest BCUT2D eigenvalue weighted by molar-refractivity contribution is 5.56. The van der Waals surface area contributed by atoms with Crippen LogP contribution in [0.1, 0.15) is 36.7 Å². The molecule has 150 valence electrons. The number of hydrogen-bond acceptors (Lipinski definition) is 6. The van der Waals surface area contributed by atoms with Crippen molar-refractivity contribution in [3.63, 3.8) is 0 Å². The smallest absolute Gasteiger partial charge is 0.223 e. The second-order valence-corrected chi connectivity index (χ2v) is 7.60. The van der Waals surface area contributed by atoms with Gasteiger partial charge in [0.15, 0.2) is 0 Å². The molecule has 2 atom stereocenters. The highest BCUT2D eigenvalue weighted by atomic mass is 16.1. The Kier molecular flexibility index (Phi) is 5.00. The fourth-order valence-electron chi connectivity index (χ4n) is 4.26. The second kappa shape index (κ2) is 7.62. The van der Waals surface area contributed by atoms with E-state index in [-0.39, 0.29) is 6.04 Å². The molecule has 1 saturated heterocycles. The number of amides is 1. The van der Waals surface area contributed by atoms with Gasteiger partial charge in [0.25, 0.3) is 0 Å². The zero-order valence-corrected chi connectivity index (χ0v) is 16.9. The van der Waals surface area contributed by atoms with E-state index in [0.717, 1.165) is 41.9 Å². The Morgan fingerprint density at radius 1 is 1.14 bits per heavy atom. The van der Waals surface area contributed by atoms with Crippen LogP contribution >= 0.6 is 0 Å². The lowest BCUT2D eigenvalue weighted by Crippen LogP contribution is -2.58. The average molecular weight is 391 g/mol. The molecule has 1 amide bonds. The largest absolute Gasteiger partial charge is 0.349 e. The fourth-order valence-corrected chi connectivity index (χ4v) is 4.26. The van der Waals surface area contributed by atoms with Gasteiger partial charge in [0.2, 0.25) is 12.4 Å². The van der Waals surface area contributed by atoms with E-state index in [1.165, 1.54) is 0 Å². The molecule has 0 radical (unpaired) electrons. The Hall–Kier alpha value is -3.29. The third-order valence-corrected chi connectivity index (χ3v) is 5.66. The number of para-hydroxylation sites is 1. The Bertz CT molecular complexity index is 984. The fraction of sp³-hybridized carbons (Fsp3) is 0.381. The zero-order valence-electron chi connectivity index (χ0n) is 16.9. The third-order valence-electron chi connectivity index (χ3n) is 5.66. The van der Waals surface area contributed by atoms with Gasteiger partial charge in [0.05, 0.1) is 29.7 Å². The number of anilines is 1. The lowest BCUT2D eigenvalue weighted by Gasteiger charge is -2.49. The Morgan fingerprint density at radius 2 is 1.83 bits per heavy atom. The van der Waals surface area contributed by atoms with Gasteiger partial charge >= 0.3 is 0 Å². The molecule has 8 heteroatoms. The van der Waals surface area contributed by atoms with E-state index in [1.807, 2.05) is 49.1 Å². The highest BCUT2D eigenvalue weighted by Gasteiger charge is 2.45. The molecular formula is C21H25N7O. The molecule has 1 N–H and O–H groups in total. The van der Waals surface area contributed by atoms with E-state index in [2.05, 4.69) is 32.4 Å². The van der Waals surface area contributed by atoms with Crippen LogP contribution in [0.15, 0.2) is 42.7 Å². The molecule has 1 aromatic carbocycles. The van der Waals surface area contributed by atoms with Crippen molar-refractivity contribution < 1.29 is 4.79 Å². The molecule has 4 rings (SSSR count). The molecule has 1 aliphatic heterocycles. The summed E-state index contributed by atoms with van der Waals surface area (Å²) >= 11 is 0. The van der Waals surface area contributed by atoms with E-state index in [9.17, 15) is 4.79 Å². The van der Waals surface area contributed by atoms with Gasteiger partial charge < -0.3 is 10.2 Å². The van der Waals surface area contributed by atoms with Crippen LogP contribution in [0.5, 0.6) is 0 Å². The summed E-state index contributed by atoms with van der Waals surface area (Å²) in [6.45, 7) is 6.68. The minimum atomic E-state index is -0.620. The van der Waals surface area contributed by atoms with Crippen molar-refractivity contribution in [2.75, 3.05) is 11.9 Å². The van der Waals surface area contributed by atoms with Crippen molar-refractivity contribution in [3.05, 3.63) is 59.7 Å². The number of benzene rings is 1. The predicted molar refractivity (Wildman–Crippen MR) is 110 cm³/mol. The summed E-state index contributed by atoms with van der Waals surface area (Å²) in [6, 6.07) is 9.83. The van der Waals surface area contributed by atoms with Crippen molar-refractivity contribution in [1.82, 2.24) is 29.9 Å². The van der Waals surface area contributed by atoms with Crippen LogP contribution in [0.4, 0.5) is 5.95 Å². The molecule has 8 nitrogen and oxygen atoms in total. The normalized spacial score (nSPS) is 21.8. The van der Waals surface area contributed by atoms with Gasteiger partial charge in [0.1, 0.15) is 0 Å². The van der Waals surface area contributed by atoms with Gasteiger partial charge in [-0.05, 0) is 45.7 Å². The van der Waals surface area contributed by atoms with E-state index < -0.39 is 5.54 Å². The van der Waals surface area contributed by atoms with Crippen LogP contribution in [0, 0.1) is 13.8 Å². The van der Waals surface area contributed by atoms with E-state index in [1.54, 1.807) is 17.2 Å². The number of piperidine rings is 1. The lowest BCUT2D eigenvalue weighted by atomic mass is 9.77. The van der Waals surface area contributed by atoms with E-state index >= 15 is 0 Å². The van der Waals surface area contributed by atoms with Gasteiger partial charge in [0, 0.05) is 23.5 Å². The number of aromatic nitrogens is 5. The molecule has 29 heavy (non-hydrogen) atoms. The SMILES string of the molecule is Cc1cc(C)nc(N[C@@H]2CCCN(C=O)[C@@]2(C)c2ccccc2-n2nccn2)n1. The summed E-state index contributed by atoms with van der Waals surface area (Å²) < 4.78 is 0. The molecule has 3 aromatic rings. The molecule has 0 aliphatic carbocycles. The monoisotopic (exact) mass is 391 g/mol. The van der Waals surface area contributed by atoms with Crippen molar-refractivity contribution in [3.8, 4) is 5.69 Å². The molecule has 1 aliphatic rings. The second-order valence-electron chi connectivity index (χ2n) is 7.60. The van der Waals surface area contributed by atoms with Crippen LogP contribution in [-0.2, 0) is 10.3 Å². The van der Waals surface area contributed by atoms with Crippen LogP contribution in [0.25, 0.3) is 5.69 Å². The predicted octanol–water partition coefficient (Wildman–Crippen LogP) is 2.62. The van der Waals surface area contributed by atoms with Gasteiger partial charge in [-0.3, -0.25) is 4.79 Å². The first-order valence-electron chi connectivity index (χ1n) is 9.79. The first-order chi connectivity index (χ1) is 14.0.